The van der Waals surface area contributed by atoms with Gasteiger partial charge in [0.15, 0.2) is 5.76 Å². The summed E-state index contributed by atoms with van der Waals surface area (Å²) in [4.78, 5) is 17.0. The van der Waals surface area contributed by atoms with Gasteiger partial charge in [0.25, 0.3) is 5.91 Å². The second-order valence-corrected chi connectivity index (χ2v) is 6.81. The van der Waals surface area contributed by atoms with Crippen molar-refractivity contribution in [1.82, 2.24) is 19.2 Å². The Bertz CT molecular complexity index is 1280. The molecule has 0 spiro atoms. The predicted molar refractivity (Wildman–Crippen MR) is 106 cm³/mol. The average molecular weight is 392 g/mol. The van der Waals surface area contributed by atoms with Crippen LogP contribution in [0.15, 0.2) is 71.7 Å². The number of rotatable bonds is 4. The van der Waals surface area contributed by atoms with Crippen molar-refractivity contribution in [3.63, 3.8) is 0 Å². The van der Waals surface area contributed by atoms with Gasteiger partial charge >= 0.3 is 0 Å². The number of benzene rings is 1. The Morgan fingerprint density at radius 2 is 2.11 bits per heavy atom. The first-order chi connectivity index (χ1) is 13.6. The van der Waals surface area contributed by atoms with E-state index in [0.29, 0.717) is 22.8 Å². The molecular formula is C20H14ClN5O2. The summed E-state index contributed by atoms with van der Waals surface area (Å²) in [5, 5.41) is 8.45. The van der Waals surface area contributed by atoms with Crippen molar-refractivity contribution in [1.29, 1.82) is 0 Å². The lowest BCUT2D eigenvalue weighted by Gasteiger charge is -1.99. The monoisotopic (exact) mass is 391 g/mol. The maximum Gasteiger partial charge on any atom is 0.291 e. The molecule has 7 nitrogen and oxygen atoms in total. The predicted octanol–water partition coefficient (Wildman–Crippen LogP) is 4.23. The Balaban J connectivity index is 1.31. The number of hydrogen-bond donors (Lipinski definition) is 1. The number of anilines is 1. The molecule has 0 unspecified atom stereocenters. The molecular weight excluding hydrogens is 378 g/mol. The SMILES string of the molecule is O=C(Nc1cnn(Cc2cn3ccccc3n2)c1)c1cc2cc(Cl)ccc2o1. The third-order valence-corrected chi connectivity index (χ3v) is 4.57. The van der Waals surface area contributed by atoms with E-state index in [0.717, 1.165) is 16.7 Å². The van der Waals surface area contributed by atoms with Crippen LogP contribution in [0.2, 0.25) is 5.02 Å². The van der Waals surface area contributed by atoms with Gasteiger partial charge in [-0.2, -0.15) is 5.10 Å². The normalized spacial score (nSPS) is 11.3. The Kier molecular flexibility index (Phi) is 3.87. The maximum atomic E-state index is 12.5. The Morgan fingerprint density at radius 1 is 1.18 bits per heavy atom. The van der Waals surface area contributed by atoms with E-state index in [9.17, 15) is 4.79 Å². The highest BCUT2D eigenvalue weighted by Gasteiger charge is 2.14. The van der Waals surface area contributed by atoms with Crippen LogP contribution in [0, 0.1) is 0 Å². The molecule has 0 saturated heterocycles. The second-order valence-electron chi connectivity index (χ2n) is 6.37. The van der Waals surface area contributed by atoms with Gasteiger partial charge in [-0.05, 0) is 36.4 Å². The van der Waals surface area contributed by atoms with Crippen LogP contribution in [-0.2, 0) is 6.54 Å². The number of nitrogens with zero attached hydrogens (tertiary/aromatic N) is 4. The Morgan fingerprint density at radius 3 is 3.00 bits per heavy atom. The van der Waals surface area contributed by atoms with E-state index >= 15 is 0 Å². The lowest BCUT2D eigenvalue weighted by atomic mass is 10.2. The quantitative estimate of drug-likeness (QED) is 0.497. The molecule has 1 amide bonds. The van der Waals surface area contributed by atoms with Crippen LogP contribution in [0.1, 0.15) is 16.2 Å². The molecule has 0 radical (unpaired) electrons. The van der Waals surface area contributed by atoms with Gasteiger partial charge in [-0.1, -0.05) is 17.7 Å². The van der Waals surface area contributed by atoms with Gasteiger partial charge in [-0.3, -0.25) is 9.48 Å². The van der Waals surface area contributed by atoms with Gasteiger partial charge in [0.1, 0.15) is 11.2 Å². The summed E-state index contributed by atoms with van der Waals surface area (Å²) in [6.07, 6.45) is 7.24. The number of amides is 1. The summed E-state index contributed by atoms with van der Waals surface area (Å²) in [5.41, 5.74) is 2.94. The number of carbonyl (C=O) groups is 1. The second kappa shape index (κ2) is 6.54. The number of pyridine rings is 1. The molecule has 5 rings (SSSR count). The number of halogens is 1. The molecule has 0 saturated carbocycles. The van der Waals surface area contributed by atoms with E-state index in [4.69, 9.17) is 16.0 Å². The van der Waals surface area contributed by atoms with Crippen LogP contribution in [0.3, 0.4) is 0 Å². The molecule has 8 heteroatoms. The molecule has 0 aliphatic carbocycles. The highest BCUT2D eigenvalue weighted by molar-refractivity contribution is 6.31. The van der Waals surface area contributed by atoms with Gasteiger partial charge < -0.3 is 14.1 Å². The molecule has 138 valence electrons. The number of aromatic nitrogens is 4. The summed E-state index contributed by atoms with van der Waals surface area (Å²) in [6, 6.07) is 12.7. The molecule has 0 aliphatic heterocycles. The van der Waals surface area contributed by atoms with Crippen molar-refractivity contribution < 1.29 is 9.21 Å². The highest BCUT2D eigenvalue weighted by atomic mass is 35.5. The largest absolute Gasteiger partial charge is 0.451 e. The lowest BCUT2D eigenvalue weighted by Crippen LogP contribution is -2.10. The molecule has 1 aromatic carbocycles. The zero-order valence-electron chi connectivity index (χ0n) is 14.5. The fourth-order valence-corrected chi connectivity index (χ4v) is 3.24. The van der Waals surface area contributed by atoms with Crippen LogP contribution in [0.4, 0.5) is 5.69 Å². The summed E-state index contributed by atoms with van der Waals surface area (Å²) < 4.78 is 9.25. The molecule has 0 bridgehead atoms. The van der Waals surface area contributed by atoms with E-state index < -0.39 is 0 Å². The maximum absolute atomic E-state index is 12.5. The molecule has 4 heterocycles. The first-order valence-electron chi connectivity index (χ1n) is 8.59. The van der Waals surface area contributed by atoms with Crippen molar-refractivity contribution in [2.75, 3.05) is 5.32 Å². The number of fused-ring (bicyclic) bond motifs is 2. The van der Waals surface area contributed by atoms with Crippen molar-refractivity contribution in [3.05, 3.63) is 83.7 Å². The van der Waals surface area contributed by atoms with Crippen molar-refractivity contribution in [3.8, 4) is 0 Å². The standard InChI is InChI=1S/C20H14ClN5O2/c21-14-4-5-17-13(7-14)8-18(28-17)20(27)24-15-9-22-26(11-15)12-16-10-25-6-2-1-3-19(25)23-16/h1-11H,12H2,(H,24,27). The van der Waals surface area contributed by atoms with Gasteiger partial charge in [-0.25, -0.2) is 4.98 Å². The molecule has 0 atom stereocenters. The Labute approximate surface area is 164 Å². The van der Waals surface area contributed by atoms with Crippen LogP contribution >= 0.6 is 11.6 Å². The summed E-state index contributed by atoms with van der Waals surface area (Å²) in [5.74, 6) is -0.134. The van der Waals surface area contributed by atoms with Gasteiger partial charge in [-0.15, -0.1) is 0 Å². The number of carbonyl (C=O) groups excluding carboxylic acids is 1. The molecule has 0 fully saturated rings. The first-order valence-corrected chi connectivity index (χ1v) is 8.97. The van der Waals surface area contributed by atoms with Crippen LogP contribution in [0.25, 0.3) is 16.6 Å². The fourth-order valence-electron chi connectivity index (χ4n) is 3.06. The van der Waals surface area contributed by atoms with E-state index in [1.54, 1.807) is 41.3 Å². The summed E-state index contributed by atoms with van der Waals surface area (Å²) in [6.45, 7) is 0.501. The van der Waals surface area contributed by atoms with E-state index in [1.807, 2.05) is 35.0 Å². The third kappa shape index (κ3) is 3.12. The minimum atomic E-state index is -0.348. The smallest absolute Gasteiger partial charge is 0.291 e. The summed E-state index contributed by atoms with van der Waals surface area (Å²) in [7, 11) is 0. The van der Waals surface area contributed by atoms with E-state index in [2.05, 4.69) is 15.4 Å². The van der Waals surface area contributed by atoms with Crippen molar-refractivity contribution >= 4 is 39.8 Å². The lowest BCUT2D eigenvalue weighted by molar-refractivity contribution is 0.0998. The highest BCUT2D eigenvalue weighted by Crippen LogP contribution is 2.23. The van der Waals surface area contributed by atoms with Crippen LogP contribution < -0.4 is 5.32 Å². The van der Waals surface area contributed by atoms with Crippen molar-refractivity contribution in [2.45, 2.75) is 6.54 Å². The van der Waals surface area contributed by atoms with Gasteiger partial charge in [0, 0.05) is 29.0 Å². The average Bonchev–Trinajstić information content (AvgIpc) is 3.39. The molecule has 1 N–H and O–H groups in total. The van der Waals surface area contributed by atoms with Gasteiger partial charge in [0.05, 0.1) is 24.1 Å². The molecule has 28 heavy (non-hydrogen) atoms. The zero-order chi connectivity index (χ0) is 19.1. The number of hydrogen-bond acceptors (Lipinski definition) is 4. The molecule has 4 aromatic heterocycles. The fraction of sp³-hybridized carbons (Fsp3) is 0.0500. The molecule has 0 aliphatic rings. The summed E-state index contributed by atoms with van der Waals surface area (Å²) >= 11 is 5.97. The Hall–Kier alpha value is -3.58. The van der Waals surface area contributed by atoms with Crippen LogP contribution in [-0.4, -0.2) is 25.1 Å². The van der Waals surface area contributed by atoms with Crippen molar-refractivity contribution in [2.24, 2.45) is 0 Å². The zero-order valence-corrected chi connectivity index (χ0v) is 15.3. The first kappa shape index (κ1) is 16.6. The number of nitrogens with one attached hydrogen (secondary N) is 1. The number of furan rings is 1. The van der Waals surface area contributed by atoms with Gasteiger partial charge in [0.2, 0.25) is 0 Å². The van der Waals surface area contributed by atoms with E-state index in [1.165, 1.54) is 0 Å². The third-order valence-electron chi connectivity index (χ3n) is 4.33. The van der Waals surface area contributed by atoms with E-state index in [-0.39, 0.29) is 11.7 Å². The molecule has 5 aromatic rings. The number of imidazole rings is 1. The topological polar surface area (TPSA) is 77.4 Å². The van der Waals surface area contributed by atoms with Crippen LogP contribution in [0.5, 0.6) is 0 Å². The minimum absolute atomic E-state index is 0.213. The minimum Gasteiger partial charge on any atom is -0.451 e.